The number of thiazole rings is 1. The number of benzene rings is 2. The van der Waals surface area contributed by atoms with Crippen LogP contribution in [0.25, 0.3) is 10.2 Å². The maximum absolute atomic E-state index is 13.6. The van der Waals surface area contributed by atoms with Crippen LogP contribution < -0.4 is 5.32 Å². The highest BCUT2D eigenvalue weighted by atomic mass is 35.5. The molecular weight excluding hydrogens is 330 g/mol. The van der Waals surface area contributed by atoms with Crippen molar-refractivity contribution in [3.63, 3.8) is 0 Å². The number of anilines is 1. The Kier molecular flexibility index (Phi) is 4.04. The minimum atomic E-state index is -0.746. The number of halogens is 3. The van der Waals surface area contributed by atoms with Crippen LogP contribution in [-0.2, 0) is 11.2 Å². The van der Waals surface area contributed by atoms with Crippen molar-refractivity contribution in [1.29, 1.82) is 0 Å². The van der Waals surface area contributed by atoms with Gasteiger partial charge < -0.3 is 5.32 Å². The van der Waals surface area contributed by atoms with Gasteiger partial charge in [-0.1, -0.05) is 35.1 Å². The van der Waals surface area contributed by atoms with Gasteiger partial charge in [-0.05, 0) is 23.8 Å². The van der Waals surface area contributed by atoms with E-state index < -0.39 is 11.6 Å². The van der Waals surface area contributed by atoms with E-state index in [0.29, 0.717) is 9.72 Å². The molecule has 112 valence electrons. The number of nitrogens with zero attached hydrogens (tertiary/aromatic N) is 1. The lowest BCUT2D eigenvalue weighted by Crippen LogP contribution is -2.14. The van der Waals surface area contributed by atoms with Crippen molar-refractivity contribution in [2.24, 2.45) is 0 Å². The smallest absolute Gasteiger partial charge is 0.230 e. The summed E-state index contributed by atoms with van der Waals surface area (Å²) in [6.45, 7) is 0. The van der Waals surface area contributed by atoms with Crippen molar-refractivity contribution in [3.8, 4) is 0 Å². The van der Waals surface area contributed by atoms with Crippen molar-refractivity contribution < 1.29 is 13.6 Å². The number of carbonyl (C=O) groups is 1. The Morgan fingerprint density at radius 3 is 2.68 bits per heavy atom. The second kappa shape index (κ2) is 5.98. The number of aromatic nitrogens is 1. The lowest BCUT2D eigenvalue weighted by Gasteiger charge is -2.01. The zero-order chi connectivity index (χ0) is 15.7. The molecule has 0 aliphatic heterocycles. The monoisotopic (exact) mass is 338 g/mol. The number of fused-ring (bicyclic) bond motifs is 1. The van der Waals surface area contributed by atoms with Crippen molar-refractivity contribution in [2.45, 2.75) is 6.42 Å². The highest BCUT2D eigenvalue weighted by Crippen LogP contribution is 2.28. The van der Waals surface area contributed by atoms with Gasteiger partial charge in [-0.2, -0.15) is 0 Å². The first-order valence-corrected chi connectivity index (χ1v) is 7.50. The average molecular weight is 339 g/mol. The lowest BCUT2D eigenvalue weighted by molar-refractivity contribution is -0.115. The summed E-state index contributed by atoms with van der Waals surface area (Å²) >= 11 is 6.80. The highest BCUT2D eigenvalue weighted by Gasteiger charge is 2.12. The van der Waals surface area contributed by atoms with Gasteiger partial charge in [-0.3, -0.25) is 4.79 Å². The molecule has 0 atom stereocenters. The maximum Gasteiger partial charge on any atom is 0.230 e. The van der Waals surface area contributed by atoms with E-state index in [2.05, 4.69) is 10.3 Å². The predicted octanol–water partition coefficient (Wildman–Crippen LogP) is 4.41. The van der Waals surface area contributed by atoms with Crippen molar-refractivity contribution in [1.82, 2.24) is 4.98 Å². The summed E-state index contributed by atoms with van der Waals surface area (Å²) in [5, 5.41) is 3.41. The maximum atomic E-state index is 13.6. The number of hydrogen-bond donors (Lipinski definition) is 1. The first-order chi connectivity index (χ1) is 10.5. The van der Waals surface area contributed by atoms with Gasteiger partial charge >= 0.3 is 0 Å². The molecular formula is C15H9ClF2N2OS. The molecule has 0 unspecified atom stereocenters. The van der Waals surface area contributed by atoms with Crippen LogP contribution >= 0.6 is 22.9 Å². The second-order valence-corrected chi connectivity index (χ2v) is 6.07. The van der Waals surface area contributed by atoms with Gasteiger partial charge in [0, 0.05) is 11.1 Å². The molecule has 1 heterocycles. The fourth-order valence-electron chi connectivity index (χ4n) is 1.96. The Morgan fingerprint density at radius 2 is 1.95 bits per heavy atom. The molecule has 3 aromatic rings. The van der Waals surface area contributed by atoms with Gasteiger partial charge in [-0.25, -0.2) is 13.8 Å². The van der Waals surface area contributed by atoms with Crippen LogP contribution in [0.4, 0.5) is 13.9 Å². The third kappa shape index (κ3) is 3.23. The Labute approximate surface area is 133 Å². The Morgan fingerprint density at radius 1 is 1.23 bits per heavy atom. The molecule has 1 amide bonds. The fraction of sp³-hybridized carbons (Fsp3) is 0.0667. The summed E-state index contributed by atoms with van der Waals surface area (Å²) in [4.78, 5) is 15.9. The SMILES string of the molecule is O=C(Cc1ccc(Cl)cc1)Nc1nc2c(F)cc(F)cc2s1. The van der Waals surface area contributed by atoms with Crippen LogP contribution in [0.1, 0.15) is 5.56 Å². The van der Waals surface area contributed by atoms with E-state index in [1.165, 1.54) is 6.07 Å². The number of hydrogen-bond acceptors (Lipinski definition) is 3. The van der Waals surface area contributed by atoms with E-state index in [1.807, 2.05) is 0 Å². The molecule has 1 N–H and O–H groups in total. The molecule has 22 heavy (non-hydrogen) atoms. The standard InChI is InChI=1S/C15H9ClF2N2OS/c16-9-3-1-8(2-4-9)5-13(21)19-15-20-14-11(18)6-10(17)7-12(14)22-15/h1-4,6-7H,5H2,(H,19,20,21). The van der Waals surface area contributed by atoms with Crippen LogP contribution in [0.5, 0.6) is 0 Å². The zero-order valence-electron chi connectivity index (χ0n) is 11.1. The molecule has 0 radical (unpaired) electrons. The summed E-state index contributed by atoms with van der Waals surface area (Å²) in [6.07, 6.45) is 0.143. The summed E-state index contributed by atoms with van der Waals surface area (Å²) in [7, 11) is 0. The Hall–Kier alpha value is -2.05. The van der Waals surface area contributed by atoms with Gasteiger partial charge in [-0.15, -0.1) is 0 Å². The molecule has 7 heteroatoms. The summed E-state index contributed by atoms with van der Waals surface area (Å²) in [5.74, 6) is -1.71. The van der Waals surface area contributed by atoms with Crippen LogP contribution in [-0.4, -0.2) is 10.9 Å². The quantitative estimate of drug-likeness (QED) is 0.768. The number of rotatable bonds is 3. The second-order valence-electron chi connectivity index (χ2n) is 4.60. The molecule has 1 aromatic heterocycles. The molecule has 0 saturated carbocycles. The Bertz CT molecular complexity index is 849. The van der Waals surface area contributed by atoms with Crippen molar-refractivity contribution in [3.05, 3.63) is 58.6 Å². The van der Waals surface area contributed by atoms with E-state index in [4.69, 9.17) is 11.6 Å². The van der Waals surface area contributed by atoms with E-state index in [9.17, 15) is 13.6 Å². The molecule has 3 nitrogen and oxygen atoms in total. The molecule has 0 saturated heterocycles. The Balaban J connectivity index is 1.76. The van der Waals surface area contributed by atoms with E-state index in [0.717, 1.165) is 23.0 Å². The van der Waals surface area contributed by atoms with Crippen LogP contribution in [0.2, 0.25) is 5.02 Å². The number of amides is 1. The van der Waals surface area contributed by atoms with Crippen LogP contribution in [0.3, 0.4) is 0 Å². The first kappa shape index (κ1) is 14.9. The fourth-order valence-corrected chi connectivity index (χ4v) is 3.01. The molecule has 0 aliphatic rings. The minimum Gasteiger partial charge on any atom is -0.302 e. The van der Waals surface area contributed by atoms with Gasteiger partial charge in [0.05, 0.1) is 11.1 Å². The zero-order valence-corrected chi connectivity index (χ0v) is 12.6. The summed E-state index contributed by atoms with van der Waals surface area (Å²) < 4.78 is 27.0. The van der Waals surface area contributed by atoms with Crippen molar-refractivity contribution in [2.75, 3.05) is 5.32 Å². The molecule has 0 aliphatic carbocycles. The van der Waals surface area contributed by atoms with E-state index in [-0.39, 0.29) is 23.0 Å². The highest BCUT2D eigenvalue weighted by molar-refractivity contribution is 7.22. The first-order valence-electron chi connectivity index (χ1n) is 6.31. The lowest BCUT2D eigenvalue weighted by atomic mass is 10.1. The summed E-state index contributed by atoms with van der Waals surface area (Å²) in [6, 6.07) is 8.83. The minimum absolute atomic E-state index is 0.0493. The summed E-state index contributed by atoms with van der Waals surface area (Å²) in [5.41, 5.74) is 0.841. The van der Waals surface area contributed by atoms with E-state index >= 15 is 0 Å². The molecule has 0 bridgehead atoms. The van der Waals surface area contributed by atoms with Gasteiger partial charge in [0.1, 0.15) is 11.3 Å². The molecule has 2 aromatic carbocycles. The molecule has 0 spiro atoms. The average Bonchev–Trinajstić information content (AvgIpc) is 2.84. The third-order valence-corrected chi connectivity index (χ3v) is 4.11. The largest absolute Gasteiger partial charge is 0.302 e. The number of nitrogens with one attached hydrogen (secondary N) is 1. The predicted molar refractivity (Wildman–Crippen MR) is 83.3 cm³/mol. The third-order valence-electron chi connectivity index (χ3n) is 2.94. The van der Waals surface area contributed by atoms with Crippen molar-refractivity contribution >= 4 is 44.2 Å². The van der Waals surface area contributed by atoms with Crippen LogP contribution in [0, 0.1) is 11.6 Å². The topological polar surface area (TPSA) is 42.0 Å². The van der Waals surface area contributed by atoms with Gasteiger partial charge in [0.25, 0.3) is 0 Å². The molecule has 0 fully saturated rings. The molecule has 3 rings (SSSR count). The normalized spacial score (nSPS) is 10.9. The van der Waals surface area contributed by atoms with E-state index in [1.54, 1.807) is 24.3 Å². The van der Waals surface area contributed by atoms with Gasteiger partial charge in [0.2, 0.25) is 5.91 Å². The number of carbonyl (C=O) groups excluding carboxylic acids is 1. The van der Waals surface area contributed by atoms with Crippen LogP contribution in [0.15, 0.2) is 36.4 Å². The van der Waals surface area contributed by atoms with Gasteiger partial charge in [0.15, 0.2) is 10.9 Å².